The van der Waals surface area contributed by atoms with E-state index in [9.17, 15) is 5.26 Å². The molecule has 1 unspecified atom stereocenters. The monoisotopic (exact) mass is 534 g/mol. The van der Waals surface area contributed by atoms with Crippen molar-refractivity contribution in [3.05, 3.63) is 34.0 Å². The summed E-state index contributed by atoms with van der Waals surface area (Å²) in [6.07, 6.45) is 4.80. The van der Waals surface area contributed by atoms with Gasteiger partial charge in [-0.2, -0.15) is 10.2 Å². The molecule has 11 heteroatoms. The van der Waals surface area contributed by atoms with Gasteiger partial charge < -0.3 is 30.1 Å². The van der Waals surface area contributed by atoms with Crippen LogP contribution in [0.2, 0.25) is 0 Å². The van der Waals surface area contributed by atoms with E-state index >= 15 is 0 Å². The molecule has 2 aliphatic heterocycles. The van der Waals surface area contributed by atoms with E-state index in [1.807, 2.05) is 12.1 Å². The number of piperidine rings is 1. The third-order valence-electron chi connectivity index (χ3n) is 8.08. The molecule has 0 saturated carbocycles. The molecule has 1 aliphatic carbocycles. The normalized spacial score (nSPS) is 22.7. The van der Waals surface area contributed by atoms with Crippen molar-refractivity contribution in [2.45, 2.75) is 50.5 Å². The molecule has 3 aromatic heterocycles. The molecule has 0 amide bonds. The lowest BCUT2D eigenvalue weighted by atomic mass is 9.72. The molecule has 0 spiro atoms. The number of ether oxygens (including phenoxy) is 1. The van der Waals surface area contributed by atoms with E-state index in [1.165, 1.54) is 11.3 Å². The highest BCUT2D eigenvalue weighted by atomic mass is 32.1. The summed E-state index contributed by atoms with van der Waals surface area (Å²) in [6, 6.07) is 6.28. The Balaban J connectivity index is 1.36. The number of nitrogen functional groups attached to an aromatic ring is 1. The first-order chi connectivity index (χ1) is 18.4. The van der Waals surface area contributed by atoms with Crippen molar-refractivity contribution in [1.82, 2.24) is 25.3 Å². The molecule has 6 rings (SSSR count). The number of hydrogen-bond donors (Lipinski definition) is 2. The van der Waals surface area contributed by atoms with Crippen molar-refractivity contribution >= 4 is 22.2 Å². The summed E-state index contributed by atoms with van der Waals surface area (Å²) in [6.45, 7) is 7.75. The van der Waals surface area contributed by atoms with Crippen LogP contribution in [0.4, 0.5) is 10.8 Å². The average Bonchev–Trinajstić information content (AvgIpc) is 3.55. The maximum atomic E-state index is 9.84. The molecule has 10 nitrogen and oxygen atoms in total. The zero-order chi connectivity index (χ0) is 26.3. The van der Waals surface area contributed by atoms with E-state index in [4.69, 9.17) is 25.0 Å². The first kappa shape index (κ1) is 25.1. The summed E-state index contributed by atoms with van der Waals surface area (Å²) in [5.41, 5.74) is 7.76. The predicted molar refractivity (Wildman–Crippen MR) is 147 cm³/mol. The Morgan fingerprint density at radius 3 is 2.76 bits per heavy atom. The van der Waals surface area contributed by atoms with E-state index in [0.29, 0.717) is 28.0 Å². The number of nitrogens with two attached hydrogens (primary N) is 1. The van der Waals surface area contributed by atoms with Crippen LogP contribution in [0, 0.1) is 11.3 Å². The molecule has 0 radical (unpaired) electrons. The van der Waals surface area contributed by atoms with Crippen LogP contribution >= 0.6 is 11.3 Å². The lowest BCUT2D eigenvalue weighted by Crippen LogP contribution is -2.44. The molecule has 0 bridgehead atoms. The average molecular weight is 535 g/mol. The lowest BCUT2D eigenvalue weighted by molar-refractivity contribution is 0.162. The van der Waals surface area contributed by atoms with Gasteiger partial charge in [-0.05, 0) is 59.2 Å². The van der Waals surface area contributed by atoms with Gasteiger partial charge >= 0.3 is 0 Å². The quantitative estimate of drug-likeness (QED) is 0.503. The van der Waals surface area contributed by atoms with Crippen molar-refractivity contribution in [1.29, 1.82) is 5.26 Å². The first-order valence-electron chi connectivity index (χ1n) is 13.4. The van der Waals surface area contributed by atoms with Crippen LogP contribution < -0.4 is 20.7 Å². The predicted octanol–water partition coefficient (Wildman–Crippen LogP) is 3.17. The van der Waals surface area contributed by atoms with E-state index in [-0.39, 0.29) is 6.10 Å². The number of anilines is 2. The van der Waals surface area contributed by atoms with Crippen LogP contribution in [0.1, 0.15) is 54.5 Å². The van der Waals surface area contributed by atoms with E-state index in [2.05, 4.69) is 40.3 Å². The Morgan fingerprint density at radius 1 is 1.21 bits per heavy atom. The van der Waals surface area contributed by atoms with E-state index in [0.717, 1.165) is 93.4 Å². The molecule has 3 aliphatic rings. The number of fused-ring (bicyclic) bond motifs is 1. The fourth-order valence-corrected chi connectivity index (χ4v) is 7.03. The highest BCUT2D eigenvalue weighted by Gasteiger charge is 2.43. The third kappa shape index (κ3) is 4.61. The zero-order valence-electron chi connectivity index (χ0n) is 22.0. The highest BCUT2D eigenvalue weighted by Crippen LogP contribution is 2.48. The smallest absolute Gasteiger partial charge is 0.237 e. The summed E-state index contributed by atoms with van der Waals surface area (Å²) >= 11 is 1.50. The number of hydrogen-bond acceptors (Lipinski definition) is 11. The fraction of sp³-hybridized carbons (Fsp3) is 0.556. The number of likely N-dealkylation sites (N-methyl/N-ethyl adjacent to an activating group) is 1. The van der Waals surface area contributed by atoms with E-state index in [1.54, 1.807) is 0 Å². The third-order valence-corrected chi connectivity index (χ3v) is 9.16. The van der Waals surface area contributed by atoms with Gasteiger partial charge in [0.25, 0.3) is 0 Å². The van der Waals surface area contributed by atoms with Gasteiger partial charge in [-0.1, -0.05) is 5.16 Å². The van der Waals surface area contributed by atoms with Crippen LogP contribution in [0.3, 0.4) is 0 Å². The molecule has 3 aromatic rings. The van der Waals surface area contributed by atoms with Gasteiger partial charge in [0.2, 0.25) is 11.7 Å². The largest absolute Gasteiger partial charge is 0.490 e. The van der Waals surface area contributed by atoms with Gasteiger partial charge in [0.15, 0.2) is 0 Å². The summed E-state index contributed by atoms with van der Waals surface area (Å²) in [5, 5.41) is 18.2. The minimum Gasteiger partial charge on any atom is -0.490 e. The highest BCUT2D eigenvalue weighted by molar-refractivity contribution is 7.16. The Kier molecular flexibility index (Phi) is 6.72. The molecule has 38 heavy (non-hydrogen) atoms. The van der Waals surface area contributed by atoms with Gasteiger partial charge in [-0.25, -0.2) is 4.98 Å². The second kappa shape index (κ2) is 10.2. The van der Waals surface area contributed by atoms with Crippen LogP contribution in [0.15, 0.2) is 16.7 Å². The lowest BCUT2D eigenvalue weighted by Gasteiger charge is -2.33. The van der Waals surface area contributed by atoms with Crippen LogP contribution in [0.5, 0.6) is 5.75 Å². The Morgan fingerprint density at radius 2 is 2.00 bits per heavy atom. The van der Waals surface area contributed by atoms with Crippen LogP contribution in [0.25, 0.3) is 11.5 Å². The minimum atomic E-state index is -0.568. The number of thiophene rings is 1. The summed E-state index contributed by atoms with van der Waals surface area (Å²) in [7, 11) is 2.14. The van der Waals surface area contributed by atoms with Crippen LogP contribution in [-0.2, 0) is 11.8 Å². The molecular weight excluding hydrogens is 500 g/mol. The SMILES string of the molecule is CN1CCN(c2cc(OC3CCNCC3)cc(-c3noc(C4(C)CCCc5sc(N)c(C#N)c54)n3)n2)CC1. The van der Waals surface area contributed by atoms with Gasteiger partial charge in [-0.3, -0.25) is 0 Å². The summed E-state index contributed by atoms with van der Waals surface area (Å²) < 4.78 is 12.3. The van der Waals surface area contributed by atoms with Gasteiger partial charge in [0, 0.05) is 48.8 Å². The maximum absolute atomic E-state index is 9.84. The topological polar surface area (TPSA) is 129 Å². The molecule has 5 heterocycles. The molecule has 200 valence electrons. The number of aryl methyl sites for hydroxylation is 1. The Hall–Kier alpha value is -3.20. The molecule has 0 aromatic carbocycles. The standard InChI is InChI=1S/C27H34N8O2S/c1-27(7-3-4-21-23(27)19(16-28)24(29)38-21)26-32-25(33-37-26)20-14-18(36-17-5-8-30-9-6-17)15-22(31-20)35-12-10-34(2)11-13-35/h14-15,17,30H,3-13,29H2,1-2H3. The number of pyridine rings is 1. The zero-order valence-corrected chi connectivity index (χ0v) is 22.8. The number of nitrogens with zero attached hydrogens (tertiary/aromatic N) is 6. The number of piperazine rings is 1. The van der Waals surface area contributed by atoms with Crippen LogP contribution in [-0.4, -0.2) is 72.4 Å². The van der Waals surface area contributed by atoms with Gasteiger partial charge in [0.05, 0.1) is 11.0 Å². The van der Waals surface area contributed by atoms with Crippen molar-refractivity contribution in [2.24, 2.45) is 0 Å². The first-order valence-corrected chi connectivity index (χ1v) is 14.3. The Bertz CT molecular complexity index is 1350. The molecule has 1 atom stereocenters. The second-order valence-electron chi connectivity index (χ2n) is 10.8. The molecule has 2 saturated heterocycles. The number of rotatable bonds is 5. The van der Waals surface area contributed by atoms with Crippen molar-refractivity contribution in [2.75, 3.05) is 56.9 Å². The Labute approximate surface area is 226 Å². The molecular formula is C27H34N8O2S. The van der Waals surface area contributed by atoms with Crippen molar-refractivity contribution < 1.29 is 9.26 Å². The fourth-order valence-electron chi connectivity index (χ4n) is 5.84. The van der Waals surface area contributed by atoms with E-state index < -0.39 is 5.41 Å². The van der Waals surface area contributed by atoms with Crippen molar-refractivity contribution in [3.63, 3.8) is 0 Å². The van der Waals surface area contributed by atoms with Gasteiger partial charge in [-0.15, -0.1) is 11.3 Å². The number of nitriles is 1. The van der Waals surface area contributed by atoms with Crippen molar-refractivity contribution in [3.8, 4) is 23.3 Å². The molecule has 2 fully saturated rings. The minimum absolute atomic E-state index is 0.167. The number of nitrogens with one attached hydrogen (secondary N) is 1. The van der Waals surface area contributed by atoms with Gasteiger partial charge in [0.1, 0.15) is 34.4 Å². The second-order valence-corrected chi connectivity index (χ2v) is 11.9. The summed E-state index contributed by atoms with van der Waals surface area (Å²) in [4.78, 5) is 15.6. The molecule has 3 N–H and O–H groups in total. The summed E-state index contributed by atoms with van der Waals surface area (Å²) in [5.74, 6) is 2.58. The maximum Gasteiger partial charge on any atom is 0.237 e. The number of aromatic nitrogens is 3.